The van der Waals surface area contributed by atoms with Gasteiger partial charge in [0, 0.05) is 18.5 Å². The number of benzene rings is 1. The van der Waals surface area contributed by atoms with Crippen molar-refractivity contribution in [2.75, 3.05) is 26.3 Å². The summed E-state index contributed by atoms with van der Waals surface area (Å²) in [6.45, 7) is 7.91. The molecule has 5 heteroatoms. The van der Waals surface area contributed by atoms with Gasteiger partial charge in [-0.2, -0.15) is 0 Å². The second-order valence-corrected chi connectivity index (χ2v) is 6.14. The zero-order valence-electron chi connectivity index (χ0n) is 12.9. The molecule has 0 bridgehead atoms. The van der Waals surface area contributed by atoms with Crippen molar-refractivity contribution < 1.29 is 13.9 Å². The smallest absolute Gasteiger partial charge is 0.317 e. The lowest BCUT2D eigenvalue weighted by Crippen LogP contribution is -2.52. The summed E-state index contributed by atoms with van der Waals surface area (Å²) < 4.78 is 19.2. The molecule has 1 unspecified atom stereocenters. The highest BCUT2D eigenvalue weighted by molar-refractivity contribution is 5.74. The lowest BCUT2D eigenvalue weighted by Gasteiger charge is -2.34. The van der Waals surface area contributed by atoms with Gasteiger partial charge in [-0.3, -0.25) is 0 Å². The van der Waals surface area contributed by atoms with Gasteiger partial charge in [0.15, 0.2) is 0 Å². The molecule has 21 heavy (non-hydrogen) atoms. The highest BCUT2D eigenvalue weighted by Crippen LogP contribution is 2.24. The standard InChI is InChI=1S/C16H23FN2O2/c1-12-10-21-9-8-19(12)15(20)18-11-16(2,3)13-6-4-5-7-14(13)17/h4-7,12H,8-11H2,1-3H3,(H,18,20). The summed E-state index contributed by atoms with van der Waals surface area (Å²) >= 11 is 0. The molecular formula is C16H23FN2O2. The summed E-state index contributed by atoms with van der Waals surface area (Å²) in [6, 6.07) is 6.64. The average molecular weight is 294 g/mol. The fraction of sp³-hybridized carbons (Fsp3) is 0.562. The summed E-state index contributed by atoms with van der Waals surface area (Å²) in [5.41, 5.74) is 0.150. The van der Waals surface area contributed by atoms with Gasteiger partial charge in [0.2, 0.25) is 0 Å². The Balaban J connectivity index is 1.98. The molecule has 2 amide bonds. The fourth-order valence-electron chi connectivity index (χ4n) is 2.53. The van der Waals surface area contributed by atoms with Gasteiger partial charge in [0.25, 0.3) is 0 Å². The van der Waals surface area contributed by atoms with Crippen molar-refractivity contribution in [3.05, 3.63) is 35.6 Å². The third-order valence-electron chi connectivity index (χ3n) is 3.91. The maximum Gasteiger partial charge on any atom is 0.317 e. The zero-order valence-corrected chi connectivity index (χ0v) is 12.9. The van der Waals surface area contributed by atoms with Crippen LogP contribution in [0.4, 0.5) is 9.18 Å². The van der Waals surface area contributed by atoms with Gasteiger partial charge in [-0.15, -0.1) is 0 Å². The van der Waals surface area contributed by atoms with Crippen LogP contribution in [0.5, 0.6) is 0 Å². The minimum absolute atomic E-state index is 0.0651. The van der Waals surface area contributed by atoms with Crippen LogP contribution >= 0.6 is 0 Å². The van der Waals surface area contributed by atoms with Gasteiger partial charge < -0.3 is 15.0 Å². The van der Waals surface area contributed by atoms with Crippen LogP contribution in [0.2, 0.25) is 0 Å². The van der Waals surface area contributed by atoms with Gasteiger partial charge >= 0.3 is 6.03 Å². The number of ether oxygens (including phenoxy) is 1. The lowest BCUT2D eigenvalue weighted by atomic mass is 9.84. The van der Waals surface area contributed by atoms with Gasteiger partial charge in [-0.25, -0.2) is 9.18 Å². The molecule has 0 spiro atoms. The SMILES string of the molecule is CC1COCCN1C(=O)NCC(C)(C)c1ccccc1F. The first-order chi connectivity index (χ1) is 9.92. The molecule has 1 N–H and O–H groups in total. The molecule has 1 aliphatic rings. The number of nitrogens with one attached hydrogen (secondary N) is 1. The Morgan fingerprint density at radius 1 is 1.48 bits per heavy atom. The number of urea groups is 1. The van der Waals surface area contributed by atoms with Crippen LogP contribution in [0.1, 0.15) is 26.3 Å². The summed E-state index contributed by atoms with van der Waals surface area (Å²) in [5, 5.41) is 2.91. The third-order valence-corrected chi connectivity index (χ3v) is 3.91. The topological polar surface area (TPSA) is 41.6 Å². The maximum absolute atomic E-state index is 13.9. The number of nitrogens with zero attached hydrogens (tertiary/aromatic N) is 1. The molecule has 0 saturated carbocycles. The number of rotatable bonds is 3. The highest BCUT2D eigenvalue weighted by atomic mass is 19.1. The zero-order chi connectivity index (χ0) is 15.5. The van der Waals surface area contributed by atoms with Crippen molar-refractivity contribution in [2.24, 2.45) is 0 Å². The van der Waals surface area contributed by atoms with Crippen LogP contribution in [0.25, 0.3) is 0 Å². The Hall–Kier alpha value is -1.62. The van der Waals surface area contributed by atoms with Crippen LogP contribution < -0.4 is 5.32 Å². The second-order valence-electron chi connectivity index (χ2n) is 6.14. The summed E-state index contributed by atoms with van der Waals surface area (Å²) in [7, 11) is 0. The van der Waals surface area contributed by atoms with Gasteiger partial charge in [-0.05, 0) is 18.6 Å². The Morgan fingerprint density at radius 3 is 2.86 bits per heavy atom. The fourth-order valence-corrected chi connectivity index (χ4v) is 2.53. The summed E-state index contributed by atoms with van der Waals surface area (Å²) in [4.78, 5) is 14.0. The van der Waals surface area contributed by atoms with Crippen LogP contribution in [-0.4, -0.2) is 43.3 Å². The van der Waals surface area contributed by atoms with Crippen molar-refractivity contribution in [1.82, 2.24) is 10.2 Å². The molecule has 0 aliphatic carbocycles. The molecule has 2 rings (SSSR count). The first-order valence-corrected chi connectivity index (χ1v) is 7.29. The van der Waals surface area contributed by atoms with Crippen LogP contribution in [0.3, 0.4) is 0 Å². The number of halogens is 1. The van der Waals surface area contributed by atoms with Crippen LogP contribution in [-0.2, 0) is 10.2 Å². The predicted octanol–water partition coefficient (Wildman–Crippen LogP) is 2.53. The van der Waals surface area contributed by atoms with Crippen molar-refractivity contribution in [3.63, 3.8) is 0 Å². The number of hydrogen-bond donors (Lipinski definition) is 1. The van der Waals surface area contributed by atoms with E-state index >= 15 is 0 Å². The quantitative estimate of drug-likeness (QED) is 0.931. The molecule has 0 radical (unpaired) electrons. The molecular weight excluding hydrogens is 271 g/mol. The van der Waals surface area contributed by atoms with Gasteiger partial charge in [0.05, 0.1) is 19.3 Å². The Labute approximate surface area is 125 Å². The average Bonchev–Trinajstić information content (AvgIpc) is 2.45. The largest absolute Gasteiger partial charge is 0.377 e. The minimum Gasteiger partial charge on any atom is -0.377 e. The van der Waals surface area contributed by atoms with Crippen LogP contribution in [0.15, 0.2) is 24.3 Å². The molecule has 1 fully saturated rings. The van der Waals surface area contributed by atoms with Crippen molar-refractivity contribution in [1.29, 1.82) is 0 Å². The Kier molecular flexibility index (Phi) is 4.83. The van der Waals surface area contributed by atoms with E-state index in [9.17, 15) is 9.18 Å². The van der Waals surface area contributed by atoms with E-state index in [2.05, 4.69) is 5.32 Å². The number of carbonyl (C=O) groups excluding carboxylic acids is 1. The Bertz CT molecular complexity index is 505. The second kappa shape index (κ2) is 6.43. The van der Waals surface area contributed by atoms with E-state index in [-0.39, 0.29) is 17.9 Å². The number of carbonyl (C=O) groups is 1. The van der Waals surface area contributed by atoms with Crippen molar-refractivity contribution >= 4 is 6.03 Å². The molecule has 1 aromatic carbocycles. The van der Waals surface area contributed by atoms with E-state index in [0.717, 1.165) is 0 Å². The minimum atomic E-state index is -0.462. The number of morpholine rings is 1. The highest BCUT2D eigenvalue weighted by Gasteiger charge is 2.28. The molecule has 116 valence electrons. The lowest BCUT2D eigenvalue weighted by molar-refractivity contribution is 0.0188. The van der Waals surface area contributed by atoms with Crippen molar-refractivity contribution in [3.8, 4) is 0 Å². The third kappa shape index (κ3) is 3.73. The van der Waals surface area contributed by atoms with E-state index in [1.54, 1.807) is 17.0 Å². The Morgan fingerprint density at radius 2 is 2.19 bits per heavy atom. The molecule has 1 aromatic rings. The van der Waals surface area contributed by atoms with E-state index in [4.69, 9.17) is 4.74 Å². The first kappa shape index (κ1) is 15.8. The first-order valence-electron chi connectivity index (χ1n) is 7.29. The van der Waals surface area contributed by atoms with Crippen molar-refractivity contribution in [2.45, 2.75) is 32.2 Å². The summed E-state index contributed by atoms with van der Waals surface area (Å²) in [6.07, 6.45) is 0. The number of amides is 2. The monoisotopic (exact) mass is 294 g/mol. The number of hydrogen-bond acceptors (Lipinski definition) is 2. The van der Waals surface area contributed by atoms with E-state index in [0.29, 0.717) is 31.9 Å². The van der Waals surface area contributed by atoms with E-state index in [1.807, 2.05) is 26.8 Å². The van der Waals surface area contributed by atoms with Gasteiger partial charge in [-0.1, -0.05) is 32.0 Å². The molecule has 1 saturated heterocycles. The molecule has 1 heterocycles. The summed E-state index contributed by atoms with van der Waals surface area (Å²) in [5.74, 6) is -0.239. The molecule has 0 aromatic heterocycles. The maximum atomic E-state index is 13.9. The molecule has 1 aliphatic heterocycles. The van der Waals surface area contributed by atoms with E-state index < -0.39 is 5.41 Å². The molecule has 1 atom stereocenters. The van der Waals surface area contributed by atoms with Crippen LogP contribution in [0, 0.1) is 5.82 Å². The molecule has 4 nitrogen and oxygen atoms in total. The van der Waals surface area contributed by atoms with Gasteiger partial charge in [0.1, 0.15) is 5.82 Å². The normalized spacial score (nSPS) is 19.4. The predicted molar refractivity (Wildman–Crippen MR) is 79.8 cm³/mol. The van der Waals surface area contributed by atoms with E-state index in [1.165, 1.54) is 6.07 Å².